The van der Waals surface area contributed by atoms with Crippen LogP contribution in [0.15, 0.2) is 41.8 Å². The molecule has 2 aromatic heterocycles. The number of aliphatic imine (C=N–C) groups is 1. The van der Waals surface area contributed by atoms with Crippen LogP contribution in [0, 0.1) is 0 Å². The maximum Gasteiger partial charge on any atom is 0.191 e. The Kier molecular flexibility index (Phi) is 7.66. The summed E-state index contributed by atoms with van der Waals surface area (Å²) in [4.78, 5) is 11.6. The fourth-order valence-electron chi connectivity index (χ4n) is 3.12. The highest BCUT2D eigenvalue weighted by molar-refractivity contribution is 5.79. The number of rotatable bonds is 8. The highest BCUT2D eigenvalue weighted by atomic mass is 16.5. The summed E-state index contributed by atoms with van der Waals surface area (Å²) in [6.07, 6.45) is 6.94. The minimum Gasteiger partial charge on any atom is -0.375 e. The molecule has 1 atom stereocenters. The topological polar surface area (TPSA) is 79.6 Å². The van der Waals surface area contributed by atoms with Crippen molar-refractivity contribution in [1.29, 1.82) is 0 Å². The lowest BCUT2D eigenvalue weighted by Gasteiger charge is -2.32. The highest BCUT2D eigenvalue weighted by Crippen LogP contribution is 2.15. The number of nitrogens with zero attached hydrogens (tertiary/aromatic N) is 5. The van der Waals surface area contributed by atoms with Crippen molar-refractivity contribution in [2.24, 2.45) is 4.99 Å². The molecule has 1 unspecified atom stereocenters. The summed E-state index contributed by atoms with van der Waals surface area (Å²) in [6, 6.07) is 6.12. The second-order valence-electron chi connectivity index (χ2n) is 6.90. The van der Waals surface area contributed by atoms with Crippen molar-refractivity contribution < 1.29 is 4.74 Å². The predicted octanol–water partition coefficient (Wildman–Crippen LogP) is 1.65. The summed E-state index contributed by atoms with van der Waals surface area (Å²) in [7, 11) is 0. The SMILES string of the molecule is CCNC(=NCc1ccc(N2CCOC(C)C2)nc1)NCCCn1cccn1. The van der Waals surface area contributed by atoms with E-state index in [1.54, 1.807) is 6.20 Å². The van der Waals surface area contributed by atoms with Crippen LogP contribution in [0.4, 0.5) is 5.82 Å². The molecular weight excluding hydrogens is 354 g/mol. The van der Waals surface area contributed by atoms with E-state index < -0.39 is 0 Å². The van der Waals surface area contributed by atoms with Gasteiger partial charge in [-0.2, -0.15) is 5.10 Å². The zero-order valence-corrected chi connectivity index (χ0v) is 16.8. The van der Waals surface area contributed by atoms with Gasteiger partial charge in [-0.25, -0.2) is 9.98 Å². The van der Waals surface area contributed by atoms with Gasteiger partial charge in [0.25, 0.3) is 0 Å². The summed E-state index contributed by atoms with van der Waals surface area (Å²) in [5, 5.41) is 10.9. The van der Waals surface area contributed by atoms with E-state index in [0.717, 1.165) is 63.1 Å². The van der Waals surface area contributed by atoms with Crippen molar-refractivity contribution >= 4 is 11.8 Å². The summed E-state index contributed by atoms with van der Waals surface area (Å²) >= 11 is 0. The second-order valence-corrected chi connectivity index (χ2v) is 6.90. The van der Waals surface area contributed by atoms with Crippen LogP contribution in [0.25, 0.3) is 0 Å². The zero-order valence-electron chi connectivity index (χ0n) is 16.8. The molecule has 2 N–H and O–H groups in total. The molecule has 1 aliphatic heterocycles. The van der Waals surface area contributed by atoms with Gasteiger partial charge < -0.3 is 20.3 Å². The fourth-order valence-corrected chi connectivity index (χ4v) is 3.12. The monoisotopic (exact) mass is 385 g/mol. The van der Waals surface area contributed by atoms with Gasteiger partial charge in [0, 0.05) is 51.3 Å². The Morgan fingerprint density at radius 1 is 1.36 bits per heavy atom. The van der Waals surface area contributed by atoms with Crippen molar-refractivity contribution in [3.63, 3.8) is 0 Å². The van der Waals surface area contributed by atoms with Crippen LogP contribution in [0.5, 0.6) is 0 Å². The molecule has 1 aliphatic rings. The quantitative estimate of drug-likeness (QED) is 0.409. The van der Waals surface area contributed by atoms with Gasteiger partial charge in [-0.3, -0.25) is 4.68 Å². The number of hydrogen-bond acceptors (Lipinski definition) is 5. The summed E-state index contributed by atoms with van der Waals surface area (Å²) < 4.78 is 7.54. The molecule has 8 nitrogen and oxygen atoms in total. The van der Waals surface area contributed by atoms with Gasteiger partial charge in [-0.05, 0) is 38.0 Å². The van der Waals surface area contributed by atoms with E-state index in [1.807, 2.05) is 23.1 Å². The van der Waals surface area contributed by atoms with Crippen LogP contribution < -0.4 is 15.5 Å². The first-order chi connectivity index (χ1) is 13.7. The predicted molar refractivity (Wildman–Crippen MR) is 112 cm³/mol. The molecule has 0 saturated carbocycles. The van der Waals surface area contributed by atoms with Gasteiger partial charge in [-0.15, -0.1) is 0 Å². The number of morpholine rings is 1. The van der Waals surface area contributed by atoms with Gasteiger partial charge in [0.05, 0.1) is 19.3 Å². The van der Waals surface area contributed by atoms with E-state index in [9.17, 15) is 0 Å². The van der Waals surface area contributed by atoms with E-state index >= 15 is 0 Å². The summed E-state index contributed by atoms with van der Waals surface area (Å²) in [5.41, 5.74) is 1.10. The maximum absolute atomic E-state index is 5.60. The summed E-state index contributed by atoms with van der Waals surface area (Å²) in [5.74, 6) is 1.83. The van der Waals surface area contributed by atoms with E-state index in [-0.39, 0.29) is 6.10 Å². The molecule has 8 heteroatoms. The van der Waals surface area contributed by atoms with E-state index in [4.69, 9.17) is 4.74 Å². The van der Waals surface area contributed by atoms with E-state index in [2.05, 4.69) is 56.6 Å². The molecule has 1 fully saturated rings. The number of anilines is 1. The number of aromatic nitrogens is 3. The Morgan fingerprint density at radius 2 is 2.29 bits per heavy atom. The molecular formula is C20H31N7O. The highest BCUT2D eigenvalue weighted by Gasteiger charge is 2.17. The third kappa shape index (κ3) is 6.23. The Bertz CT molecular complexity index is 715. The number of hydrogen-bond donors (Lipinski definition) is 2. The maximum atomic E-state index is 5.60. The Balaban J connectivity index is 1.47. The van der Waals surface area contributed by atoms with Gasteiger partial charge in [0.1, 0.15) is 5.82 Å². The average molecular weight is 386 g/mol. The second kappa shape index (κ2) is 10.7. The van der Waals surface area contributed by atoms with Crippen LogP contribution in [-0.4, -0.2) is 59.6 Å². The van der Waals surface area contributed by atoms with E-state index in [0.29, 0.717) is 6.54 Å². The molecule has 28 heavy (non-hydrogen) atoms. The molecule has 152 valence electrons. The third-order valence-electron chi connectivity index (χ3n) is 4.55. The largest absolute Gasteiger partial charge is 0.375 e. The molecule has 3 rings (SSSR count). The minimum absolute atomic E-state index is 0.252. The van der Waals surface area contributed by atoms with Crippen molar-refractivity contribution in [2.75, 3.05) is 37.7 Å². The van der Waals surface area contributed by atoms with Crippen molar-refractivity contribution in [2.45, 2.75) is 39.5 Å². The number of ether oxygens (including phenoxy) is 1. The standard InChI is InChI=1S/C20H31N7O/c1-3-21-20(22-8-4-10-27-11-5-9-25-27)24-15-18-6-7-19(23-14-18)26-12-13-28-17(2)16-26/h5-7,9,11,14,17H,3-4,8,10,12-13,15-16H2,1-2H3,(H2,21,22,24). The van der Waals surface area contributed by atoms with Crippen molar-refractivity contribution in [3.8, 4) is 0 Å². The number of nitrogens with one attached hydrogen (secondary N) is 2. The Labute approximate surface area is 167 Å². The number of aryl methyl sites for hydroxylation is 1. The number of pyridine rings is 1. The van der Waals surface area contributed by atoms with Crippen LogP contribution >= 0.6 is 0 Å². The van der Waals surface area contributed by atoms with Gasteiger partial charge in [0.15, 0.2) is 5.96 Å². The Hall–Kier alpha value is -2.61. The number of guanidine groups is 1. The molecule has 0 spiro atoms. The molecule has 0 amide bonds. The molecule has 0 aliphatic carbocycles. The first-order valence-electron chi connectivity index (χ1n) is 10.1. The average Bonchev–Trinajstić information content (AvgIpc) is 3.23. The van der Waals surface area contributed by atoms with Crippen LogP contribution in [0.1, 0.15) is 25.8 Å². The van der Waals surface area contributed by atoms with Gasteiger partial charge in [0.2, 0.25) is 0 Å². The molecule has 2 aromatic rings. The zero-order chi connectivity index (χ0) is 19.6. The summed E-state index contributed by atoms with van der Waals surface area (Å²) in [6.45, 7) is 9.87. The van der Waals surface area contributed by atoms with Crippen molar-refractivity contribution in [3.05, 3.63) is 42.4 Å². The van der Waals surface area contributed by atoms with Gasteiger partial charge in [-0.1, -0.05) is 6.07 Å². The van der Waals surface area contributed by atoms with Crippen LogP contribution in [-0.2, 0) is 17.8 Å². The molecule has 3 heterocycles. The van der Waals surface area contributed by atoms with E-state index in [1.165, 1.54) is 0 Å². The minimum atomic E-state index is 0.252. The van der Waals surface area contributed by atoms with Crippen LogP contribution in [0.3, 0.4) is 0 Å². The first kappa shape index (κ1) is 20.1. The fraction of sp³-hybridized carbons (Fsp3) is 0.550. The van der Waals surface area contributed by atoms with Gasteiger partial charge >= 0.3 is 0 Å². The molecule has 0 bridgehead atoms. The lowest BCUT2D eigenvalue weighted by atomic mass is 10.2. The Morgan fingerprint density at radius 3 is 3.00 bits per heavy atom. The normalized spacial score (nSPS) is 17.6. The lowest BCUT2D eigenvalue weighted by Crippen LogP contribution is -2.41. The third-order valence-corrected chi connectivity index (χ3v) is 4.55. The smallest absolute Gasteiger partial charge is 0.191 e. The first-order valence-corrected chi connectivity index (χ1v) is 10.1. The van der Waals surface area contributed by atoms with Crippen molar-refractivity contribution in [1.82, 2.24) is 25.4 Å². The molecule has 1 saturated heterocycles. The molecule has 0 radical (unpaired) electrons. The molecule has 0 aromatic carbocycles. The van der Waals surface area contributed by atoms with Crippen LogP contribution in [0.2, 0.25) is 0 Å². The lowest BCUT2D eigenvalue weighted by molar-refractivity contribution is 0.0529.